The van der Waals surface area contributed by atoms with Gasteiger partial charge >= 0.3 is 0 Å². The number of rotatable bonds is 1. The first-order valence-electron chi connectivity index (χ1n) is 5.19. The highest BCUT2D eigenvalue weighted by molar-refractivity contribution is 5.98. The Morgan fingerprint density at radius 1 is 1.27 bits per heavy atom. The van der Waals surface area contributed by atoms with Crippen LogP contribution in [0.5, 0.6) is 0 Å². The van der Waals surface area contributed by atoms with Gasteiger partial charge in [0.2, 0.25) is 0 Å². The maximum Gasteiger partial charge on any atom is 0.161 e. The Kier molecular flexibility index (Phi) is 11.5. The number of Topliss-reactive ketones (excluding diaryl/α,β-unsaturated/α-hetero) is 1. The van der Waals surface area contributed by atoms with Gasteiger partial charge in [-0.2, -0.15) is 0 Å². The molecule has 4 N–H and O–H groups in total. The number of nitrogens with two attached hydrogens (primary N) is 2. The Morgan fingerprint density at radius 3 is 1.93 bits per heavy atom. The van der Waals surface area contributed by atoms with E-state index >= 15 is 0 Å². The molecular formula is C12H22N2O. The van der Waals surface area contributed by atoms with Gasteiger partial charge < -0.3 is 11.5 Å². The van der Waals surface area contributed by atoms with Crippen LogP contribution in [-0.2, 0) is 0 Å². The van der Waals surface area contributed by atoms with Gasteiger partial charge in [-0.05, 0) is 25.6 Å². The molecule has 3 nitrogen and oxygen atoms in total. The van der Waals surface area contributed by atoms with Crippen LogP contribution in [0.25, 0.3) is 0 Å². The Balaban J connectivity index is 0. The number of carbonyl (C=O) groups excluding carboxylic acids is 1. The second kappa shape index (κ2) is 10.7. The molecule has 0 aliphatic carbocycles. The number of para-hydroxylation sites is 1. The molecule has 0 unspecified atom stereocenters. The van der Waals surface area contributed by atoms with Gasteiger partial charge in [0.1, 0.15) is 0 Å². The number of hydrogen-bond acceptors (Lipinski definition) is 3. The van der Waals surface area contributed by atoms with E-state index in [1.54, 1.807) is 18.2 Å². The number of carbonyl (C=O) groups is 1. The van der Waals surface area contributed by atoms with Crippen LogP contribution in [0.3, 0.4) is 0 Å². The lowest BCUT2D eigenvalue weighted by molar-refractivity contribution is 0.101. The molecule has 0 aliphatic rings. The van der Waals surface area contributed by atoms with Crippen molar-refractivity contribution in [3.63, 3.8) is 0 Å². The summed E-state index contributed by atoms with van der Waals surface area (Å²) in [6.45, 7) is 8.16. The van der Waals surface area contributed by atoms with Crippen molar-refractivity contribution in [2.75, 3.05) is 12.3 Å². The first-order valence-corrected chi connectivity index (χ1v) is 5.19. The Morgan fingerprint density at radius 2 is 1.67 bits per heavy atom. The highest BCUT2D eigenvalue weighted by atomic mass is 16.1. The zero-order valence-electron chi connectivity index (χ0n) is 10.1. The lowest BCUT2D eigenvalue weighted by atomic mass is 10.1. The zero-order chi connectivity index (χ0) is 12.3. The molecule has 0 bridgehead atoms. The fourth-order valence-corrected chi connectivity index (χ4v) is 0.818. The maximum absolute atomic E-state index is 10.8. The predicted molar refractivity (Wildman–Crippen MR) is 66.9 cm³/mol. The SMILES string of the molecule is CC.CC(=O)c1ccccc1N.CCN. The fourth-order valence-electron chi connectivity index (χ4n) is 0.818. The third-order valence-electron chi connectivity index (χ3n) is 1.34. The van der Waals surface area contributed by atoms with Crippen molar-refractivity contribution in [1.29, 1.82) is 0 Å². The van der Waals surface area contributed by atoms with E-state index in [1.165, 1.54) is 6.92 Å². The molecule has 1 aromatic rings. The van der Waals surface area contributed by atoms with Crippen molar-refractivity contribution in [2.24, 2.45) is 5.73 Å². The van der Waals surface area contributed by atoms with E-state index in [9.17, 15) is 4.79 Å². The van der Waals surface area contributed by atoms with Gasteiger partial charge in [0, 0.05) is 11.3 Å². The smallest absolute Gasteiger partial charge is 0.161 e. The molecule has 0 saturated carbocycles. The average molecular weight is 210 g/mol. The van der Waals surface area contributed by atoms with E-state index in [4.69, 9.17) is 11.5 Å². The third-order valence-corrected chi connectivity index (χ3v) is 1.34. The number of nitrogen functional groups attached to an aromatic ring is 1. The number of anilines is 1. The van der Waals surface area contributed by atoms with E-state index in [-0.39, 0.29) is 5.78 Å². The van der Waals surface area contributed by atoms with Gasteiger partial charge in [0.25, 0.3) is 0 Å². The van der Waals surface area contributed by atoms with Crippen molar-refractivity contribution in [1.82, 2.24) is 0 Å². The summed E-state index contributed by atoms with van der Waals surface area (Å²) in [6.07, 6.45) is 0. The topological polar surface area (TPSA) is 69.1 Å². The summed E-state index contributed by atoms with van der Waals surface area (Å²) in [5.41, 5.74) is 11.5. The number of ketones is 1. The van der Waals surface area contributed by atoms with Gasteiger partial charge in [-0.3, -0.25) is 4.79 Å². The molecule has 0 fully saturated rings. The summed E-state index contributed by atoms with van der Waals surface area (Å²) < 4.78 is 0. The standard InChI is InChI=1S/C8H9NO.C2H7N.C2H6/c1-6(10)7-4-2-3-5-8(7)9;1-2-3;1-2/h2-5H,9H2,1H3;2-3H2,1H3;1-2H3. The normalized spacial score (nSPS) is 7.80. The minimum atomic E-state index is 0.0121. The first kappa shape index (κ1) is 16.1. The van der Waals surface area contributed by atoms with E-state index < -0.39 is 0 Å². The van der Waals surface area contributed by atoms with Crippen LogP contribution >= 0.6 is 0 Å². The van der Waals surface area contributed by atoms with Crippen LogP contribution in [0, 0.1) is 0 Å². The van der Waals surface area contributed by atoms with Crippen LogP contribution < -0.4 is 11.5 Å². The van der Waals surface area contributed by atoms with E-state index in [0.717, 1.165) is 6.54 Å². The van der Waals surface area contributed by atoms with Crippen LogP contribution in [0.15, 0.2) is 24.3 Å². The van der Waals surface area contributed by atoms with E-state index in [2.05, 4.69) is 0 Å². The minimum Gasteiger partial charge on any atom is -0.398 e. The molecule has 0 heterocycles. The summed E-state index contributed by atoms with van der Waals surface area (Å²) in [4.78, 5) is 10.8. The molecule has 1 aromatic carbocycles. The molecule has 1 rings (SSSR count). The molecule has 0 aromatic heterocycles. The highest BCUT2D eigenvalue weighted by Gasteiger charge is 2.00. The fraction of sp³-hybridized carbons (Fsp3) is 0.417. The average Bonchev–Trinajstić information content (AvgIpc) is 2.22. The lowest BCUT2D eigenvalue weighted by Gasteiger charge is -1.97. The molecule has 0 saturated heterocycles. The number of hydrogen-bond donors (Lipinski definition) is 2. The van der Waals surface area contributed by atoms with Crippen LogP contribution in [0.1, 0.15) is 38.1 Å². The second-order valence-electron chi connectivity index (χ2n) is 2.55. The predicted octanol–water partition coefficient (Wildman–Crippen LogP) is 2.46. The van der Waals surface area contributed by atoms with E-state index in [0.29, 0.717) is 11.3 Å². The van der Waals surface area contributed by atoms with Gasteiger partial charge in [-0.15, -0.1) is 0 Å². The molecule has 0 amide bonds. The van der Waals surface area contributed by atoms with E-state index in [1.807, 2.05) is 26.8 Å². The van der Waals surface area contributed by atoms with Crippen LogP contribution in [0.2, 0.25) is 0 Å². The molecule has 0 radical (unpaired) electrons. The third kappa shape index (κ3) is 7.70. The minimum absolute atomic E-state index is 0.0121. The van der Waals surface area contributed by atoms with Crippen molar-refractivity contribution >= 4 is 11.5 Å². The monoisotopic (exact) mass is 210 g/mol. The van der Waals surface area contributed by atoms with Gasteiger partial charge in [-0.25, -0.2) is 0 Å². The summed E-state index contributed by atoms with van der Waals surface area (Å²) in [5, 5.41) is 0. The number of benzene rings is 1. The van der Waals surface area contributed by atoms with Crippen molar-refractivity contribution in [3.05, 3.63) is 29.8 Å². The highest BCUT2D eigenvalue weighted by Crippen LogP contribution is 2.09. The lowest BCUT2D eigenvalue weighted by Crippen LogP contribution is -1.97. The first-order chi connectivity index (χ1) is 7.13. The van der Waals surface area contributed by atoms with Crippen molar-refractivity contribution in [3.8, 4) is 0 Å². The summed E-state index contributed by atoms with van der Waals surface area (Å²) >= 11 is 0. The zero-order valence-corrected chi connectivity index (χ0v) is 10.1. The molecule has 0 atom stereocenters. The molecule has 0 aliphatic heterocycles. The molecule has 0 spiro atoms. The maximum atomic E-state index is 10.8. The molecule has 15 heavy (non-hydrogen) atoms. The van der Waals surface area contributed by atoms with Gasteiger partial charge in [0.15, 0.2) is 5.78 Å². The molecular weight excluding hydrogens is 188 g/mol. The Labute approximate surface area is 92.5 Å². The quantitative estimate of drug-likeness (QED) is 0.552. The molecule has 3 heteroatoms. The van der Waals surface area contributed by atoms with Gasteiger partial charge in [0.05, 0.1) is 0 Å². The van der Waals surface area contributed by atoms with Crippen molar-refractivity contribution < 1.29 is 4.79 Å². The Bertz CT molecular complexity index is 272. The largest absolute Gasteiger partial charge is 0.398 e. The van der Waals surface area contributed by atoms with Crippen LogP contribution in [-0.4, -0.2) is 12.3 Å². The Hall–Kier alpha value is -1.35. The summed E-state index contributed by atoms with van der Waals surface area (Å²) in [6, 6.07) is 7.04. The van der Waals surface area contributed by atoms with Gasteiger partial charge in [-0.1, -0.05) is 32.9 Å². The second-order valence-corrected chi connectivity index (χ2v) is 2.55. The summed E-state index contributed by atoms with van der Waals surface area (Å²) in [5.74, 6) is 0.0121. The van der Waals surface area contributed by atoms with Crippen LogP contribution in [0.4, 0.5) is 5.69 Å². The molecule has 86 valence electrons. The van der Waals surface area contributed by atoms with Crippen molar-refractivity contribution in [2.45, 2.75) is 27.7 Å². The summed E-state index contributed by atoms with van der Waals surface area (Å²) in [7, 11) is 0.